The Kier molecular flexibility index (Phi) is 6.34. The molecule has 4 nitrogen and oxygen atoms in total. The Labute approximate surface area is 154 Å². The first-order valence-electron chi connectivity index (χ1n) is 8.81. The molecule has 0 aliphatic carbocycles. The van der Waals surface area contributed by atoms with Crippen molar-refractivity contribution in [1.29, 1.82) is 0 Å². The predicted octanol–water partition coefficient (Wildman–Crippen LogP) is 4.61. The summed E-state index contributed by atoms with van der Waals surface area (Å²) in [5, 5.41) is 3.52. The first-order chi connectivity index (χ1) is 12.8. The lowest BCUT2D eigenvalue weighted by Crippen LogP contribution is -2.18. The van der Waals surface area contributed by atoms with Crippen molar-refractivity contribution in [2.45, 2.75) is 18.9 Å². The van der Waals surface area contributed by atoms with Gasteiger partial charge in [0.25, 0.3) is 0 Å². The summed E-state index contributed by atoms with van der Waals surface area (Å²) in [6, 6.07) is 20.2. The van der Waals surface area contributed by atoms with E-state index in [1.807, 2.05) is 42.5 Å². The quantitative estimate of drug-likeness (QED) is 0.572. The zero-order valence-electron chi connectivity index (χ0n) is 15.3. The summed E-state index contributed by atoms with van der Waals surface area (Å²) in [7, 11) is 3.39. The van der Waals surface area contributed by atoms with Crippen LogP contribution in [0.25, 0.3) is 0 Å². The number of hydrogen-bond acceptors (Lipinski definition) is 4. The number of para-hydroxylation sites is 1. The van der Waals surface area contributed by atoms with Gasteiger partial charge in [-0.3, -0.25) is 0 Å². The molecule has 4 heteroatoms. The molecule has 1 N–H and O–H groups in total. The smallest absolute Gasteiger partial charge is 0.122 e. The van der Waals surface area contributed by atoms with Gasteiger partial charge in [0, 0.05) is 18.0 Å². The van der Waals surface area contributed by atoms with E-state index in [-0.39, 0.29) is 5.92 Å². The topological polar surface area (TPSA) is 43.6 Å². The monoisotopic (exact) mass is 351 g/mol. The average molecular weight is 351 g/mol. The maximum absolute atomic E-state index is 5.69. The van der Waals surface area contributed by atoms with Gasteiger partial charge in [-0.05, 0) is 48.9 Å². The lowest BCUT2D eigenvalue weighted by molar-refractivity contribution is 0.398. The number of nitrogens with one attached hydrogen (secondary N) is 1. The molecule has 0 bridgehead atoms. The third-order valence-electron chi connectivity index (χ3n) is 4.50. The third-order valence-corrected chi connectivity index (χ3v) is 4.50. The van der Waals surface area contributed by atoms with Crippen molar-refractivity contribution in [3.8, 4) is 11.5 Å². The predicted molar refractivity (Wildman–Crippen MR) is 103 cm³/mol. The van der Waals surface area contributed by atoms with Gasteiger partial charge in [0.05, 0.1) is 20.5 Å². The highest BCUT2D eigenvalue weighted by atomic mass is 16.5. The first-order valence-corrected chi connectivity index (χ1v) is 8.81. The minimum Gasteiger partial charge on any atom is -0.497 e. The third kappa shape index (κ3) is 4.46. The summed E-state index contributed by atoms with van der Waals surface area (Å²) in [5.41, 5.74) is 2.38. The Bertz CT molecular complexity index is 781. The van der Waals surface area contributed by atoms with Gasteiger partial charge in [-0.2, -0.15) is 0 Å². The molecule has 26 heavy (non-hydrogen) atoms. The first kappa shape index (κ1) is 18.1. The van der Waals surface area contributed by atoms with Crippen LogP contribution in [0.5, 0.6) is 11.5 Å². The molecule has 0 saturated carbocycles. The molecule has 0 aliphatic heterocycles. The van der Waals surface area contributed by atoms with Crippen LogP contribution in [-0.2, 0) is 6.54 Å². The minimum atomic E-state index is 0.157. The van der Waals surface area contributed by atoms with Crippen molar-refractivity contribution >= 4 is 0 Å². The van der Waals surface area contributed by atoms with Crippen LogP contribution in [0.2, 0.25) is 0 Å². The largest absolute Gasteiger partial charge is 0.497 e. The van der Waals surface area contributed by atoms with E-state index < -0.39 is 0 Å². The standard InChI is InChI=1S/C22H25NO3/c1-24-18-11-9-17(10-12-18)16-23-14-13-20(22-8-5-15-26-22)19-6-3-4-7-21(19)25-2/h3-12,15,20,23H,13-14,16H2,1-2H3/t20-/m0/s1. The summed E-state index contributed by atoms with van der Waals surface area (Å²) in [6.45, 7) is 1.69. The molecular weight excluding hydrogens is 326 g/mol. The summed E-state index contributed by atoms with van der Waals surface area (Å²) >= 11 is 0. The highest BCUT2D eigenvalue weighted by Gasteiger charge is 2.20. The van der Waals surface area contributed by atoms with E-state index in [2.05, 4.69) is 23.5 Å². The zero-order chi connectivity index (χ0) is 18.2. The summed E-state index contributed by atoms with van der Waals surface area (Å²) in [5.74, 6) is 2.89. The van der Waals surface area contributed by atoms with Crippen LogP contribution in [0, 0.1) is 0 Å². The fourth-order valence-corrected chi connectivity index (χ4v) is 3.12. The maximum Gasteiger partial charge on any atom is 0.122 e. The summed E-state index contributed by atoms with van der Waals surface area (Å²) in [6.07, 6.45) is 2.65. The van der Waals surface area contributed by atoms with Crippen molar-refractivity contribution in [3.05, 3.63) is 83.8 Å². The van der Waals surface area contributed by atoms with E-state index >= 15 is 0 Å². The summed E-state index contributed by atoms with van der Waals surface area (Å²) < 4.78 is 16.4. The molecule has 0 aliphatic rings. The molecule has 136 valence electrons. The molecule has 0 fully saturated rings. The van der Waals surface area contributed by atoms with E-state index in [1.165, 1.54) is 5.56 Å². The van der Waals surface area contributed by atoms with E-state index in [9.17, 15) is 0 Å². The maximum atomic E-state index is 5.69. The Morgan fingerprint density at radius 1 is 0.923 bits per heavy atom. The van der Waals surface area contributed by atoms with E-state index in [4.69, 9.17) is 13.9 Å². The molecule has 0 amide bonds. The SMILES string of the molecule is COc1ccc(CNCC[C@H](c2ccco2)c2ccccc2OC)cc1. The molecule has 0 spiro atoms. The van der Waals surface area contributed by atoms with E-state index in [0.29, 0.717) is 0 Å². The molecule has 0 saturated heterocycles. The molecule has 1 heterocycles. The van der Waals surface area contributed by atoms with Crippen LogP contribution in [0.4, 0.5) is 0 Å². The van der Waals surface area contributed by atoms with Crippen LogP contribution in [-0.4, -0.2) is 20.8 Å². The van der Waals surface area contributed by atoms with Crippen LogP contribution in [0.3, 0.4) is 0 Å². The molecule has 0 radical (unpaired) electrons. The fourth-order valence-electron chi connectivity index (χ4n) is 3.12. The summed E-state index contributed by atoms with van der Waals surface area (Å²) in [4.78, 5) is 0. The lowest BCUT2D eigenvalue weighted by Gasteiger charge is -2.18. The molecule has 1 aromatic heterocycles. The van der Waals surface area contributed by atoms with Crippen molar-refractivity contribution in [2.75, 3.05) is 20.8 Å². The van der Waals surface area contributed by atoms with Crippen molar-refractivity contribution in [2.24, 2.45) is 0 Å². The minimum absolute atomic E-state index is 0.157. The molecule has 3 aromatic rings. The Balaban J connectivity index is 1.63. The van der Waals surface area contributed by atoms with Gasteiger partial charge in [-0.25, -0.2) is 0 Å². The van der Waals surface area contributed by atoms with Crippen LogP contribution in [0.15, 0.2) is 71.3 Å². The van der Waals surface area contributed by atoms with Gasteiger partial charge < -0.3 is 19.2 Å². The van der Waals surface area contributed by atoms with Crippen LogP contribution < -0.4 is 14.8 Å². The molecule has 1 atom stereocenters. The van der Waals surface area contributed by atoms with Crippen molar-refractivity contribution in [3.63, 3.8) is 0 Å². The number of benzene rings is 2. The second-order valence-electron chi connectivity index (χ2n) is 6.12. The second-order valence-corrected chi connectivity index (χ2v) is 6.12. The average Bonchev–Trinajstić information content (AvgIpc) is 3.23. The normalized spacial score (nSPS) is 11.9. The van der Waals surface area contributed by atoms with Gasteiger partial charge in [-0.15, -0.1) is 0 Å². The molecular formula is C22H25NO3. The van der Waals surface area contributed by atoms with Crippen LogP contribution >= 0.6 is 0 Å². The number of rotatable bonds is 9. The Morgan fingerprint density at radius 3 is 2.42 bits per heavy atom. The molecule has 0 unspecified atom stereocenters. The number of methoxy groups -OCH3 is 2. The number of ether oxygens (including phenoxy) is 2. The van der Waals surface area contributed by atoms with Crippen molar-refractivity contribution < 1.29 is 13.9 Å². The van der Waals surface area contributed by atoms with Crippen molar-refractivity contribution in [1.82, 2.24) is 5.32 Å². The number of furan rings is 1. The highest BCUT2D eigenvalue weighted by Crippen LogP contribution is 2.34. The fraction of sp³-hybridized carbons (Fsp3) is 0.273. The van der Waals surface area contributed by atoms with E-state index in [1.54, 1.807) is 20.5 Å². The zero-order valence-corrected chi connectivity index (χ0v) is 15.3. The highest BCUT2D eigenvalue weighted by molar-refractivity contribution is 5.40. The van der Waals surface area contributed by atoms with Crippen LogP contribution in [0.1, 0.15) is 29.2 Å². The molecule has 2 aromatic carbocycles. The molecule has 3 rings (SSSR count). The Hall–Kier alpha value is -2.72. The van der Waals surface area contributed by atoms with Gasteiger partial charge in [0.2, 0.25) is 0 Å². The Morgan fingerprint density at radius 2 is 1.73 bits per heavy atom. The second kappa shape index (κ2) is 9.11. The lowest BCUT2D eigenvalue weighted by atomic mass is 9.92. The number of hydrogen-bond donors (Lipinski definition) is 1. The van der Waals surface area contributed by atoms with Gasteiger partial charge >= 0.3 is 0 Å². The van der Waals surface area contributed by atoms with Gasteiger partial charge in [0.1, 0.15) is 17.3 Å². The van der Waals surface area contributed by atoms with Gasteiger partial charge in [0.15, 0.2) is 0 Å². The van der Waals surface area contributed by atoms with E-state index in [0.717, 1.165) is 42.3 Å². The van der Waals surface area contributed by atoms with Gasteiger partial charge in [-0.1, -0.05) is 30.3 Å².